The van der Waals surface area contributed by atoms with Gasteiger partial charge in [0, 0.05) is 76.2 Å². The Labute approximate surface area is 280 Å². The molecule has 1 aromatic heterocycles. The van der Waals surface area contributed by atoms with Crippen molar-refractivity contribution in [2.24, 2.45) is 28.6 Å². The first-order valence-electron chi connectivity index (χ1n) is 18.4. The van der Waals surface area contributed by atoms with Gasteiger partial charge in [-0.25, -0.2) is 0 Å². The first kappa shape index (κ1) is 31.3. The maximum Gasteiger partial charge on any atom is 0.229 e. The molecule has 252 valence electrons. The van der Waals surface area contributed by atoms with E-state index < -0.39 is 17.1 Å². The molecule has 9 nitrogen and oxygen atoms in total. The maximum absolute atomic E-state index is 12.2. The number of ketones is 1. The van der Waals surface area contributed by atoms with Crippen LogP contribution in [0.1, 0.15) is 71.6 Å². The largest absolute Gasteiger partial charge is 0.393 e. The van der Waals surface area contributed by atoms with Gasteiger partial charge in [-0.15, -0.1) is 0 Å². The van der Waals surface area contributed by atoms with Crippen molar-refractivity contribution in [3.8, 4) is 11.8 Å². The maximum atomic E-state index is 12.2. The standard InChI is InChI=1S/C38H52N6O3/c1-36-13-10-28(45)24-27(36)8-9-29-30-11-14-38(47,37(30,2)26-31(46)34(29)36)12-7-15-41-20-22-43(23-21-41)33-25-32(42-16-3-4-17-42)39-35(40-33)44-18-5-6-19-44/h8-9,24-25,29-31,34,46-47H,3-6,10-11,13-23,26H2,1-2H3/t29-,30-,31-,34+,36-,37-,38-/m0/s1. The van der Waals surface area contributed by atoms with Crippen LogP contribution >= 0.6 is 0 Å². The first-order chi connectivity index (χ1) is 22.7. The van der Waals surface area contributed by atoms with E-state index in [0.29, 0.717) is 25.8 Å². The number of carbonyl (C=O) groups is 1. The molecule has 5 fully saturated rings. The Morgan fingerprint density at radius 1 is 0.915 bits per heavy atom. The summed E-state index contributed by atoms with van der Waals surface area (Å²) in [5.41, 5.74) is -0.708. The highest BCUT2D eigenvalue weighted by Gasteiger charge is 2.65. The molecule has 0 spiro atoms. The number of nitrogens with zero attached hydrogens (tertiary/aromatic N) is 6. The Morgan fingerprint density at radius 2 is 1.57 bits per heavy atom. The topological polar surface area (TPSA) is 96.3 Å². The SMILES string of the molecule is C[C@]12CCC(=O)C=C1C=C[C@@H]1[C@@H]2[C@@H](O)C[C@@]2(C)[C@H]1CC[C@@]2(O)C#CCN1CCN(c2cc(N3CCCC3)nc(N3CCCC3)n2)CC1. The lowest BCUT2D eigenvalue weighted by Crippen LogP contribution is -2.58. The molecule has 2 saturated carbocycles. The van der Waals surface area contributed by atoms with Gasteiger partial charge in [-0.2, -0.15) is 9.97 Å². The number of aliphatic hydroxyl groups excluding tert-OH is 1. The Bertz CT molecular complexity index is 1480. The van der Waals surface area contributed by atoms with Gasteiger partial charge in [0.1, 0.15) is 17.2 Å². The summed E-state index contributed by atoms with van der Waals surface area (Å²) in [5, 5.41) is 23.8. The van der Waals surface area contributed by atoms with Gasteiger partial charge in [-0.3, -0.25) is 9.69 Å². The van der Waals surface area contributed by atoms with Crippen molar-refractivity contribution in [2.75, 3.05) is 73.6 Å². The molecular formula is C38H52N6O3. The zero-order valence-corrected chi connectivity index (χ0v) is 28.3. The Kier molecular flexibility index (Phi) is 7.93. The summed E-state index contributed by atoms with van der Waals surface area (Å²) in [4.78, 5) is 31.8. The second-order valence-electron chi connectivity index (χ2n) is 16.0. The van der Waals surface area contributed by atoms with Crippen LogP contribution in [0.2, 0.25) is 0 Å². The van der Waals surface area contributed by atoms with Gasteiger partial charge in [0.2, 0.25) is 5.95 Å². The molecule has 0 radical (unpaired) electrons. The first-order valence-corrected chi connectivity index (χ1v) is 18.4. The highest BCUT2D eigenvalue weighted by molar-refractivity contribution is 5.92. The van der Waals surface area contributed by atoms with Crippen molar-refractivity contribution in [1.29, 1.82) is 0 Å². The molecule has 0 bridgehead atoms. The molecule has 4 heterocycles. The average Bonchev–Trinajstić information content (AvgIpc) is 3.84. The molecule has 7 aliphatic rings. The minimum absolute atomic E-state index is 0.0734. The predicted molar refractivity (Wildman–Crippen MR) is 184 cm³/mol. The predicted octanol–water partition coefficient (Wildman–Crippen LogP) is 3.81. The van der Waals surface area contributed by atoms with Gasteiger partial charge in [-0.05, 0) is 80.3 Å². The minimum atomic E-state index is -1.11. The Hall–Kier alpha value is -2.93. The molecule has 4 aliphatic carbocycles. The Balaban J connectivity index is 0.937. The van der Waals surface area contributed by atoms with Crippen LogP contribution in [-0.4, -0.2) is 101 Å². The van der Waals surface area contributed by atoms with Crippen LogP contribution < -0.4 is 14.7 Å². The van der Waals surface area contributed by atoms with Gasteiger partial charge in [0.15, 0.2) is 5.78 Å². The molecule has 3 aliphatic heterocycles. The quantitative estimate of drug-likeness (QED) is 0.477. The van der Waals surface area contributed by atoms with Crippen LogP contribution in [-0.2, 0) is 4.79 Å². The summed E-state index contributed by atoms with van der Waals surface area (Å²) in [7, 11) is 0. The number of aromatic nitrogens is 2. The van der Waals surface area contributed by atoms with Crippen molar-refractivity contribution in [1.82, 2.24) is 14.9 Å². The molecule has 2 N–H and O–H groups in total. The van der Waals surface area contributed by atoms with Crippen molar-refractivity contribution in [2.45, 2.75) is 83.3 Å². The van der Waals surface area contributed by atoms with Crippen LogP contribution in [0.3, 0.4) is 0 Å². The number of aliphatic hydroxyl groups is 2. The highest BCUT2D eigenvalue weighted by atomic mass is 16.3. The monoisotopic (exact) mass is 640 g/mol. The van der Waals surface area contributed by atoms with Crippen molar-refractivity contribution >= 4 is 23.4 Å². The second-order valence-corrected chi connectivity index (χ2v) is 16.0. The molecular weight excluding hydrogens is 588 g/mol. The number of hydrogen-bond acceptors (Lipinski definition) is 9. The van der Waals surface area contributed by atoms with Gasteiger partial charge in [0.25, 0.3) is 0 Å². The molecule has 9 heteroatoms. The summed E-state index contributed by atoms with van der Waals surface area (Å²) in [6.45, 7) is 12.9. The number of hydrogen-bond donors (Lipinski definition) is 2. The molecule has 0 amide bonds. The zero-order valence-electron chi connectivity index (χ0n) is 28.3. The van der Waals surface area contributed by atoms with Gasteiger partial charge in [-0.1, -0.05) is 37.8 Å². The lowest BCUT2D eigenvalue weighted by molar-refractivity contribution is -0.138. The van der Waals surface area contributed by atoms with Crippen LogP contribution in [0.5, 0.6) is 0 Å². The molecule has 8 rings (SSSR count). The third-order valence-corrected chi connectivity index (χ3v) is 13.4. The summed E-state index contributed by atoms with van der Waals surface area (Å²) in [5.74, 6) is 10.5. The number of fused-ring (bicyclic) bond motifs is 5. The van der Waals surface area contributed by atoms with Crippen LogP contribution in [0.25, 0.3) is 0 Å². The van der Waals surface area contributed by atoms with E-state index in [-0.39, 0.29) is 29.0 Å². The van der Waals surface area contributed by atoms with Gasteiger partial charge in [0.05, 0.1) is 12.6 Å². The summed E-state index contributed by atoms with van der Waals surface area (Å²) in [6.07, 6.45) is 14.0. The number of rotatable bonds is 4. The van der Waals surface area contributed by atoms with Crippen LogP contribution in [0.4, 0.5) is 17.6 Å². The number of allylic oxidation sites excluding steroid dienone is 4. The molecule has 3 saturated heterocycles. The molecule has 1 aromatic rings. The Morgan fingerprint density at radius 3 is 2.28 bits per heavy atom. The fraction of sp³-hybridized carbons (Fsp3) is 0.711. The van der Waals surface area contributed by atoms with E-state index in [1.165, 1.54) is 25.7 Å². The van der Waals surface area contributed by atoms with Gasteiger partial charge < -0.3 is 24.9 Å². The summed E-state index contributed by atoms with van der Waals surface area (Å²) in [6, 6.07) is 2.20. The fourth-order valence-corrected chi connectivity index (χ4v) is 10.5. The molecule has 0 aromatic carbocycles. The van der Waals surface area contributed by atoms with E-state index in [9.17, 15) is 15.0 Å². The summed E-state index contributed by atoms with van der Waals surface area (Å²) < 4.78 is 0. The lowest BCUT2D eigenvalue weighted by Gasteiger charge is -2.58. The van der Waals surface area contributed by atoms with Crippen molar-refractivity contribution in [3.63, 3.8) is 0 Å². The van der Waals surface area contributed by atoms with E-state index in [1.807, 2.05) is 0 Å². The summed E-state index contributed by atoms with van der Waals surface area (Å²) >= 11 is 0. The number of carbonyl (C=O) groups excluding carboxylic acids is 1. The lowest BCUT2D eigenvalue weighted by atomic mass is 9.47. The van der Waals surface area contributed by atoms with E-state index >= 15 is 0 Å². The third kappa shape index (κ3) is 5.30. The minimum Gasteiger partial charge on any atom is -0.393 e. The third-order valence-electron chi connectivity index (χ3n) is 13.4. The number of piperazine rings is 1. The zero-order chi connectivity index (χ0) is 32.4. The van der Waals surface area contributed by atoms with Gasteiger partial charge >= 0.3 is 0 Å². The second kappa shape index (κ2) is 11.9. The molecule has 47 heavy (non-hydrogen) atoms. The van der Waals surface area contributed by atoms with Crippen molar-refractivity contribution in [3.05, 3.63) is 29.9 Å². The highest BCUT2D eigenvalue weighted by Crippen LogP contribution is 2.66. The number of anilines is 3. The molecule has 0 unspecified atom stereocenters. The van der Waals surface area contributed by atoms with E-state index in [1.54, 1.807) is 6.08 Å². The molecule has 7 atom stereocenters. The van der Waals surface area contributed by atoms with Crippen LogP contribution in [0.15, 0.2) is 29.9 Å². The van der Waals surface area contributed by atoms with E-state index in [2.05, 4.69) is 63.5 Å². The smallest absolute Gasteiger partial charge is 0.229 e. The average molecular weight is 641 g/mol. The van der Waals surface area contributed by atoms with Crippen molar-refractivity contribution < 1.29 is 15.0 Å². The van der Waals surface area contributed by atoms with E-state index in [4.69, 9.17) is 9.97 Å². The normalized spacial score (nSPS) is 38.5. The van der Waals surface area contributed by atoms with E-state index in [0.717, 1.165) is 88.4 Å². The van der Waals surface area contributed by atoms with Crippen LogP contribution in [0, 0.1) is 40.4 Å². The fourth-order valence-electron chi connectivity index (χ4n) is 10.5.